The highest BCUT2D eigenvalue weighted by molar-refractivity contribution is 5.62. The van der Waals surface area contributed by atoms with Crippen LogP contribution in [0, 0.1) is 0 Å². The summed E-state index contributed by atoms with van der Waals surface area (Å²) in [6, 6.07) is 12.3. The third-order valence-corrected chi connectivity index (χ3v) is 2.49. The predicted molar refractivity (Wildman–Crippen MR) is 64.8 cm³/mol. The molecule has 0 spiro atoms. The summed E-state index contributed by atoms with van der Waals surface area (Å²) in [7, 11) is 3.96. The first-order valence-electron chi connectivity index (χ1n) is 4.96. The number of aromatic nitrogens is 1. The molecule has 78 valence electrons. The minimum Gasteiger partial charge on any atom is -0.388 e. The van der Waals surface area contributed by atoms with Crippen LogP contribution in [-0.4, -0.2) is 19.1 Å². The molecule has 0 fully saturated rings. The fourth-order valence-corrected chi connectivity index (χ4v) is 1.52. The van der Waals surface area contributed by atoms with Gasteiger partial charge in [-0.1, -0.05) is 0 Å². The van der Waals surface area contributed by atoms with Gasteiger partial charge in [0.25, 0.3) is 0 Å². The molecule has 1 heterocycles. The maximum absolute atomic E-state index is 3.17. The Kier molecular flexibility index (Phi) is 2.63. The van der Waals surface area contributed by atoms with Gasteiger partial charge < -0.3 is 15.2 Å². The Labute approximate surface area is 89.7 Å². The van der Waals surface area contributed by atoms with Gasteiger partial charge in [-0.15, -0.1) is 0 Å². The summed E-state index contributed by atoms with van der Waals surface area (Å²) in [4.78, 5) is 5.28. The summed E-state index contributed by atoms with van der Waals surface area (Å²) >= 11 is 0. The normalized spacial score (nSPS) is 10.0. The van der Waals surface area contributed by atoms with E-state index in [1.807, 2.05) is 32.4 Å². The SMILES string of the molecule is CNc1ccc(N(C)c2ccc[nH]2)cc1. The van der Waals surface area contributed by atoms with Gasteiger partial charge in [-0.3, -0.25) is 0 Å². The Morgan fingerprint density at radius 3 is 2.40 bits per heavy atom. The maximum atomic E-state index is 3.17. The Morgan fingerprint density at radius 2 is 1.87 bits per heavy atom. The molecule has 0 amide bonds. The molecule has 3 nitrogen and oxygen atoms in total. The highest BCUT2D eigenvalue weighted by Crippen LogP contribution is 2.22. The lowest BCUT2D eigenvalue weighted by Gasteiger charge is -2.17. The number of hydrogen-bond acceptors (Lipinski definition) is 2. The Balaban J connectivity index is 2.22. The van der Waals surface area contributed by atoms with Crippen LogP contribution in [0.5, 0.6) is 0 Å². The van der Waals surface area contributed by atoms with Crippen molar-refractivity contribution in [1.82, 2.24) is 4.98 Å². The molecule has 0 radical (unpaired) electrons. The van der Waals surface area contributed by atoms with Crippen LogP contribution in [0.2, 0.25) is 0 Å². The molecule has 15 heavy (non-hydrogen) atoms. The Hall–Kier alpha value is -1.90. The van der Waals surface area contributed by atoms with Crippen LogP contribution in [0.1, 0.15) is 0 Å². The molecule has 0 saturated carbocycles. The highest BCUT2D eigenvalue weighted by Gasteiger charge is 2.03. The molecular weight excluding hydrogens is 186 g/mol. The molecule has 0 aliphatic heterocycles. The molecule has 2 aromatic rings. The van der Waals surface area contributed by atoms with E-state index >= 15 is 0 Å². The van der Waals surface area contributed by atoms with Crippen molar-refractivity contribution in [3.8, 4) is 0 Å². The van der Waals surface area contributed by atoms with E-state index in [4.69, 9.17) is 0 Å². The van der Waals surface area contributed by atoms with E-state index in [2.05, 4.69) is 39.5 Å². The molecule has 2 N–H and O–H groups in total. The number of aromatic amines is 1. The molecule has 0 saturated heterocycles. The molecular formula is C12H15N3. The van der Waals surface area contributed by atoms with Crippen molar-refractivity contribution in [3.05, 3.63) is 42.6 Å². The number of anilines is 3. The van der Waals surface area contributed by atoms with Crippen molar-refractivity contribution in [2.24, 2.45) is 0 Å². The first-order chi connectivity index (χ1) is 7.31. The summed E-state index contributed by atoms with van der Waals surface area (Å²) in [5, 5.41) is 3.10. The van der Waals surface area contributed by atoms with Gasteiger partial charge in [0.2, 0.25) is 0 Å². The fourth-order valence-electron chi connectivity index (χ4n) is 1.52. The Bertz CT molecular complexity index is 403. The number of benzene rings is 1. The topological polar surface area (TPSA) is 31.1 Å². The van der Waals surface area contributed by atoms with Crippen LogP contribution in [-0.2, 0) is 0 Å². The highest BCUT2D eigenvalue weighted by atomic mass is 15.2. The van der Waals surface area contributed by atoms with Crippen molar-refractivity contribution in [2.75, 3.05) is 24.3 Å². The zero-order valence-corrected chi connectivity index (χ0v) is 8.99. The van der Waals surface area contributed by atoms with Gasteiger partial charge >= 0.3 is 0 Å². The zero-order chi connectivity index (χ0) is 10.7. The molecule has 3 heteroatoms. The van der Waals surface area contributed by atoms with E-state index in [1.165, 1.54) is 0 Å². The molecule has 0 atom stereocenters. The molecule has 0 aliphatic carbocycles. The van der Waals surface area contributed by atoms with Crippen molar-refractivity contribution in [3.63, 3.8) is 0 Å². The minimum atomic E-state index is 1.09. The summed E-state index contributed by atoms with van der Waals surface area (Å²) in [6.07, 6.45) is 1.92. The van der Waals surface area contributed by atoms with Crippen LogP contribution in [0.4, 0.5) is 17.2 Å². The van der Waals surface area contributed by atoms with Gasteiger partial charge in [0.1, 0.15) is 5.82 Å². The number of rotatable bonds is 3. The lowest BCUT2D eigenvalue weighted by molar-refractivity contribution is 1.15. The van der Waals surface area contributed by atoms with Gasteiger partial charge in [-0.2, -0.15) is 0 Å². The number of nitrogens with one attached hydrogen (secondary N) is 2. The minimum absolute atomic E-state index is 1.09. The second-order valence-electron chi connectivity index (χ2n) is 3.41. The van der Waals surface area contributed by atoms with Gasteiger partial charge in [0, 0.05) is 31.7 Å². The number of nitrogens with zero attached hydrogens (tertiary/aromatic N) is 1. The monoisotopic (exact) mass is 201 g/mol. The molecule has 0 unspecified atom stereocenters. The van der Waals surface area contributed by atoms with Crippen molar-refractivity contribution in [2.45, 2.75) is 0 Å². The third kappa shape index (κ3) is 1.96. The fraction of sp³-hybridized carbons (Fsp3) is 0.167. The maximum Gasteiger partial charge on any atom is 0.110 e. The number of H-pyrrole nitrogens is 1. The van der Waals surface area contributed by atoms with Crippen molar-refractivity contribution >= 4 is 17.2 Å². The van der Waals surface area contributed by atoms with E-state index in [0.717, 1.165) is 17.2 Å². The standard InChI is InChI=1S/C12H15N3/c1-13-10-5-7-11(8-6-10)15(2)12-4-3-9-14-12/h3-9,13-14H,1-2H3. The summed E-state index contributed by atoms with van der Waals surface area (Å²) in [5.74, 6) is 1.09. The van der Waals surface area contributed by atoms with Crippen LogP contribution in [0.3, 0.4) is 0 Å². The van der Waals surface area contributed by atoms with Crippen LogP contribution >= 0.6 is 0 Å². The summed E-state index contributed by atoms with van der Waals surface area (Å²) in [6.45, 7) is 0. The lowest BCUT2D eigenvalue weighted by Crippen LogP contribution is -2.09. The number of hydrogen-bond donors (Lipinski definition) is 2. The van der Waals surface area contributed by atoms with Crippen LogP contribution < -0.4 is 10.2 Å². The van der Waals surface area contributed by atoms with E-state index in [1.54, 1.807) is 0 Å². The summed E-state index contributed by atoms with van der Waals surface area (Å²) < 4.78 is 0. The smallest absolute Gasteiger partial charge is 0.110 e. The molecule has 1 aromatic heterocycles. The van der Waals surface area contributed by atoms with Gasteiger partial charge in [-0.05, 0) is 36.4 Å². The van der Waals surface area contributed by atoms with Crippen LogP contribution in [0.15, 0.2) is 42.6 Å². The average Bonchev–Trinajstić information content (AvgIpc) is 2.82. The van der Waals surface area contributed by atoms with E-state index in [9.17, 15) is 0 Å². The zero-order valence-electron chi connectivity index (χ0n) is 8.99. The van der Waals surface area contributed by atoms with Gasteiger partial charge in [0.05, 0.1) is 0 Å². The second-order valence-corrected chi connectivity index (χ2v) is 3.41. The Morgan fingerprint density at radius 1 is 1.13 bits per heavy atom. The quantitative estimate of drug-likeness (QED) is 0.800. The molecule has 0 aliphatic rings. The molecule has 2 rings (SSSR count). The molecule has 1 aromatic carbocycles. The first kappa shape index (κ1) is 9.65. The predicted octanol–water partition coefficient (Wildman–Crippen LogP) is 2.82. The third-order valence-electron chi connectivity index (χ3n) is 2.49. The largest absolute Gasteiger partial charge is 0.388 e. The van der Waals surface area contributed by atoms with Crippen molar-refractivity contribution in [1.29, 1.82) is 0 Å². The average molecular weight is 201 g/mol. The molecule has 0 bridgehead atoms. The van der Waals surface area contributed by atoms with Gasteiger partial charge in [-0.25, -0.2) is 0 Å². The van der Waals surface area contributed by atoms with E-state index < -0.39 is 0 Å². The lowest BCUT2D eigenvalue weighted by atomic mass is 10.2. The van der Waals surface area contributed by atoms with Gasteiger partial charge in [0.15, 0.2) is 0 Å². The first-order valence-corrected chi connectivity index (χ1v) is 4.96. The van der Waals surface area contributed by atoms with Crippen molar-refractivity contribution < 1.29 is 0 Å². The van der Waals surface area contributed by atoms with Crippen LogP contribution in [0.25, 0.3) is 0 Å². The summed E-state index contributed by atoms with van der Waals surface area (Å²) in [5.41, 5.74) is 2.29. The second kappa shape index (κ2) is 4.09. The van der Waals surface area contributed by atoms with E-state index in [-0.39, 0.29) is 0 Å². The van der Waals surface area contributed by atoms with E-state index in [0.29, 0.717) is 0 Å².